The molecule has 2 heteroatoms. The average molecular weight is 769 g/mol. The minimum atomic E-state index is 0.146. The van der Waals surface area contributed by atoms with E-state index in [0.717, 1.165) is 23.7 Å². The molecule has 0 amide bonds. The molecule has 4 bridgehead atoms. The van der Waals surface area contributed by atoms with Crippen LogP contribution in [0.2, 0.25) is 0 Å². The van der Waals surface area contributed by atoms with E-state index in [-0.39, 0.29) is 5.41 Å². The topological polar surface area (TPSA) is 9.86 Å². The number of benzene rings is 8. The van der Waals surface area contributed by atoms with Gasteiger partial charge < -0.3 is 9.13 Å². The van der Waals surface area contributed by atoms with Gasteiger partial charge in [0.1, 0.15) is 0 Å². The molecular weight excluding hydrogens is 725 g/mol. The Bertz CT molecular complexity index is 3370. The molecule has 5 aliphatic carbocycles. The van der Waals surface area contributed by atoms with Gasteiger partial charge in [-0.1, -0.05) is 127 Å². The van der Waals surface area contributed by atoms with E-state index in [1.807, 2.05) is 0 Å². The van der Waals surface area contributed by atoms with Gasteiger partial charge in [0, 0.05) is 38.2 Å². The van der Waals surface area contributed by atoms with Crippen molar-refractivity contribution in [3.63, 3.8) is 0 Å². The number of rotatable bonds is 4. The quantitative estimate of drug-likeness (QED) is 0.169. The highest BCUT2D eigenvalue weighted by Gasteiger charge is 2.61. The van der Waals surface area contributed by atoms with Crippen molar-refractivity contribution in [1.82, 2.24) is 9.13 Å². The molecule has 4 fully saturated rings. The minimum Gasteiger partial charge on any atom is -0.309 e. The Labute approximate surface area is 350 Å². The van der Waals surface area contributed by atoms with E-state index >= 15 is 0 Å². The summed E-state index contributed by atoms with van der Waals surface area (Å²) in [6.07, 6.45) is 7.07. The molecule has 5 aliphatic rings. The molecule has 0 atom stereocenters. The van der Waals surface area contributed by atoms with E-state index in [1.54, 1.807) is 11.1 Å². The van der Waals surface area contributed by atoms with Crippen LogP contribution >= 0.6 is 0 Å². The second-order valence-corrected chi connectivity index (χ2v) is 18.5. The second-order valence-electron chi connectivity index (χ2n) is 18.5. The van der Waals surface area contributed by atoms with E-state index in [0.29, 0.717) is 0 Å². The third-order valence-electron chi connectivity index (χ3n) is 15.7. The standard InChI is InChI=1S/C58H44N2/c1-2-12-38(13-3-1)44-14-5-9-19-53(44)60-55-21-11-7-17-48(55)50-34-40(23-27-57(50)60)39-22-26-56-49(33-39)47-16-6-10-20-54(47)59(56)43-24-25-46-45-15-4-8-18-51(45)58(52(46)35-43)41-29-36-28-37(31-41)32-42(58)30-36/h1-27,33-37,41-42H,28-32H2. The summed E-state index contributed by atoms with van der Waals surface area (Å²) >= 11 is 0. The summed E-state index contributed by atoms with van der Waals surface area (Å²) in [5.74, 6) is 3.36. The van der Waals surface area contributed by atoms with Crippen LogP contribution < -0.4 is 0 Å². The summed E-state index contributed by atoms with van der Waals surface area (Å²) in [4.78, 5) is 0. The van der Waals surface area contributed by atoms with Gasteiger partial charge in [0.25, 0.3) is 0 Å². The third kappa shape index (κ3) is 4.38. The van der Waals surface area contributed by atoms with E-state index in [1.165, 1.54) is 120 Å². The Balaban J connectivity index is 0.927. The summed E-state index contributed by atoms with van der Waals surface area (Å²) in [7, 11) is 0. The molecule has 0 aliphatic heterocycles. The smallest absolute Gasteiger partial charge is 0.0541 e. The van der Waals surface area contributed by atoms with E-state index in [9.17, 15) is 0 Å². The summed E-state index contributed by atoms with van der Waals surface area (Å²) in [6, 6.07) is 68.8. The number of hydrogen-bond donors (Lipinski definition) is 0. The lowest BCUT2D eigenvalue weighted by Crippen LogP contribution is -2.55. The Hall–Kier alpha value is -6.64. The highest BCUT2D eigenvalue weighted by Crippen LogP contribution is 2.69. The fourth-order valence-electron chi connectivity index (χ4n) is 13.7. The van der Waals surface area contributed by atoms with Gasteiger partial charge >= 0.3 is 0 Å². The molecule has 2 nitrogen and oxygen atoms in total. The Kier molecular flexibility index (Phi) is 6.76. The molecule has 8 aromatic carbocycles. The van der Waals surface area contributed by atoms with Crippen LogP contribution in [-0.2, 0) is 5.41 Å². The van der Waals surface area contributed by atoms with Crippen molar-refractivity contribution in [2.24, 2.45) is 23.7 Å². The lowest BCUT2D eigenvalue weighted by atomic mass is 9.43. The molecule has 10 aromatic rings. The summed E-state index contributed by atoms with van der Waals surface area (Å²) in [5.41, 5.74) is 18.7. The van der Waals surface area contributed by atoms with Crippen molar-refractivity contribution in [3.8, 4) is 44.8 Å². The molecule has 0 radical (unpaired) electrons. The van der Waals surface area contributed by atoms with Crippen LogP contribution in [0.3, 0.4) is 0 Å². The highest BCUT2D eigenvalue weighted by molar-refractivity contribution is 6.13. The van der Waals surface area contributed by atoms with Crippen LogP contribution in [0.4, 0.5) is 0 Å². The zero-order valence-electron chi connectivity index (χ0n) is 33.6. The van der Waals surface area contributed by atoms with Gasteiger partial charge in [-0.15, -0.1) is 0 Å². The first kappa shape index (κ1) is 33.2. The first-order valence-corrected chi connectivity index (χ1v) is 22.2. The molecule has 0 unspecified atom stereocenters. The van der Waals surface area contributed by atoms with Crippen molar-refractivity contribution < 1.29 is 0 Å². The molecule has 4 saturated carbocycles. The summed E-state index contributed by atoms with van der Waals surface area (Å²) < 4.78 is 5.01. The molecule has 286 valence electrons. The van der Waals surface area contributed by atoms with Crippen LogP contribution in [0.1, 0.15) is 43.2 Å². The minimum absolute atomic E-state index is 0.146. The molecule has 2 heterocycles. The molecular formula is C58H44N2. The number of hydrogen-bond acceptors (Lipinski definition) is 0. The van der Waals surface area contributed by atoms with Gasteiger partial charge in [-0.3, -0.25) is 0 Å². The third-order valence-corrected chi connectivity index (χ3v) is 15.7. The van der Waals surface area contributed by atoms with Gasteiger partial charge in [0.05, 0.1) is 27.8 Å². The van der Waals surface area contributed by atoms with Gasteiger partial charge in [-0.05, 0) is 149 Å². The molecule has 15 rings (SSSR count). The van der Waals surface area contributed by atoms with Crippen molar-refractivity contribution in [3.05, 3.63) is 193 Å². The van der Waals surface area contributed by atoms with Gasteiger partial charge in [-0.25, -0.2) is 0 Å². The maximum absolute atomic E-state index is 2.64. The summed E-state index contributed by atoms with van der Waals surface area (Å²) in [5, 5.41) is 5.14. The monoisotopic (exact) mass is 768 g/mol. The Morgan fingerprint density at radius 2 is 0.883 bits per heavy atom. The van der Waals surface area contributed by atoms with Crippen molar-refractivity contribution in [2.75, 3.05) is 0 Å². The van der Waals surface area contributed by atoms with Crippen molar-refractivity contribution in [1.29, 1.82) is 0 Å². The van der Waals surface area contributed by atoms with Crippen LogP contribution in [0.5, 0.6) is 0 Å². The van der Waals surface area contributed by atoms with Crippen LogP contribution in [-0.4, -0.2) is 9.13 Å². The van der Waals surface area contributed by atoms with Gasteiger partial charge in [-0.2, -0.15) is 0 Å². The number of fused-ring (bicyclic) bond motifs is 9. The van der Waals surface area contributed by atoms with Gasteiger partial charge in [0.2, 0.25) is 0 Å². The fraction of sp³-hybridized carbons (Fsp3) is 0.172. The van der Waals surface area contributed by atoms with Crippen LogP contribution in [0.15, 0.2) is 182 Å². The number of para-hydroxylation sites is 3. The van der Waals surface area contributed by atoms with E-state index in [2.05, 4.69) is 191 Å². The van der Waals surface area contributed by atoms with Crippen LogP contribution in [0.25, 0.3) is 88.4 Å². The lowest BCUT2D eigenvalue weighted by Gasteiger charge is -2.61. The maximum atomic E-state index is 2.64. The lowest BCUT2D eigenvalue weighted by molar-refractivity contribution is -0.0399. The Morgan fingerprint density at radius 3 is 1.58 bits per heavy atom. The zero-order chi connectivity index (χ0) is 39.1. The number of aromatic nitrogens is 2. The van der Waals surface area contributed by atoms with Crippen LogP contribution in [0, 0.1) is 23.7 Å². The summed E-state index contributed by atoms with van der Waals surface area (Å²) in [6.45, 7) is 0. The van der Waals surface area contributed by atoms with Crippen molar-refractivity contribution >= 4 is 43.6 Å². The van der Waals surface area contributed by atoms with E-state index in [4.69, 9.17) is 0 Å². The Morgan fingerprint density at radius 1 is 0.350 bits per heavy atom. The number of nitrogens with zero attached hydrogens (tertiary/aromatic N) is 2. The predicted molar refractivity (Wildman–Crippen MR) is 249 cm³/mol. The molecule has 0 saturated heterocycles. The molecule has 2 aromatic heterocycles. The predicted octanol–water partition coefficient (Wildman–Crippen LogP) is 14.9. The SMILES string of the molecule is c1ccc(-c2ccccc2-n2c3ccccc3c3cc(-c4ccc5c(c4)c4ccccc4n5-c4ccc5c(c4)C4(c6ccccc6-5)C5CC6CC(C5)CC4C6)ccc32)cc1. The second kappa shape index (κ2) is 12.2. The normalized spacial score (nSPS) is 22.4. The van der Waals surface area contributed by atoms with E-state index < -0.39 is 0 Å². The highest BCUT2D eigenvalue weighted by atomic mass is 15.0. The van der Waals surface area contributed by atoms with Gasteiger partial charge in [0.15, 0.2) is 0 Å². The maximum Gasteiger partial charge on any atom is 0.0541 e. The molecule has 60 heavy (non-hydrogen) atoms. The zero-order valence-corrected chi connectivity index (χ0v) is 33.6. The first-order valence-electron chi connectivity index (χ1n) is 22.2. The first-order chi connectivity index (χ1) is 29.7. The molecule has 1 spiro atoms. The van der Waals surface area contributed by atoms with Crippen molar-refractivity contribution in [2.45, 2.75) is 37.5 Å². The average Bonchev–Trinajstić information content (AvgIpc) is 3.92. The molecule has 0 N–H and O–H groups in total. The largest absolute Gasteiger partial charge is 0.309 e. The fourth-order valence-corrected chi connectivity index (χ4v) is 13.7.